The van der Waals surface area contributed by atoms with E-state index in [0.29, 0.717) is 6.10 Å². The van der Waals surface area contributed by atoms with Crippen LogP contribution in [0.1, 0.15) is 85.5 Å². The third-order valence-electron chi connectivity index (χ3n) is 4.42. The van der Waals surface area contributed by atoms with Gasteiger partial charge in [-0.25, -0.2) is 0 Å². The van der Waals surface area contributed by atoms with Gasteiger partial charge in [-0.15, -0.1) is 0 Å². The highest BCUT2D eigenvalue weighted by Crippen LogP contribution is 2.29. The molecule has 1 rings (SSSR count). The third kappa shape index (κ3) is 8.26. The fourth-order valence-corrected chi connectivity index (χ4v) is 3.14. The average molecular weight is 283 g/mol. The molecule has 0 bridgehead atoms. The molecule has 0 radical (unpaired) electrons. The van der Waals surface area contributed by atoms with Crippen LogP contribution in [0.2, 0.25) is 0 Å². The molecule has 0 heterocycles. The van der Waals surface area contributed by atoms with E-state index in [2.05, 4.69) is 33.0 Å². The smallest absolute Gasteiger partial charge is 0.0603 e. The second kappa shape index (κ2) is 9.78. The minimum absolute atomic E-state index is 0.263. The van der Waals surface area contributed by atoms with E-state index in [9.17, 15) is 0 Å². The first-order valence-corrected chi connectivity index (χ1v) is 8.89. The molecule has 2 nitrogen and oxygen atoms in total. The fourth-order valence-electron chi connectivity index (χ4n) is 3.14. The Labute approximate surface area is 127 Å². The van der Waals surface area contributed by atoms with Gasteiger partial charge < -0.3 is 10.1 Å². The van der Waals surface area contributed by atoms with Gasteiger partial charge in [-0.2, -0.15) is 0 Å². The van der Waals surface area contributed by atoms with Crippen LogP contribution in [0, 0.1) is 5.92 Å². The molecule has 1 aliphatic rings. The van der Waals surface area contributed by atoms with E-state index in [0.717, 1.165) is 19.1 Å². The van der Waals surface area contributed by atoms with E-state index < -0.39 is 0 Å². The van der Waals surface area contributed by atoms with Gasteiger partial charge in [0.25, 0.3) is 0 Å². The Morgan fingerprint density at radius 2 is 1.70 bits per heavy atom. The van der Waals surface area contributed by atoms with Crippen LogP contribution in [0.3, 0.4) is 0 Å². The van der Waals surface area contributed by atoms with Gasteiger partial charge in [0.1, 0.15) is 0 Å². The molecule has 0 amide bonds. The molecular formula is C18H37NO. The van der Waals surface area contributed by atoms with E-state index in [-0.39, 0.29) is 5.54 Å². The van der Waals surface area contributed by atoms with Crippen molar-refractivity contribution in [1.29, 1.82) is 0 Å². The lowest BCUT2D eigenvalue weighted by atomic mass is 9.85. The van der Waals surface area contributed by atoms with Gasteiger partial charge in [-0.05, 0) is 58.9 Å². The molecule has 1 N–H and O–H groups in total. The van der Waals surface area contributed by atoms with Gasteiger partial charge in [-0.3, -0.25) is 0 Å². The molecule has 0 aromatic heterocycles. The molecule has 2 atom stereocenters. The fraction of sp³-hybridized carbons (Fsp3) is 1.00. The molecular weight excluding hydrogens is 246 g/mol. The van der Waals surface area contributed by atoms with Crippen LogP contribution in [-0.4, -0.2) is 24.8 Å². The normalized spacial score (nSPS) is 24.0. The Morgan fingerprint density at radius 1 is 1.00 bits per heavy atom. The van der Waals surface area contributed by atoms with Crippen molar-refractivity contribution in [2.45, 2.75) is 97.1 Å². The molecule has 1 aliphatic carbocycles. The lowest BCUT2D eigenvalue weighted by Crippen LogP contribution is -2.36. The largest absolute Gasteiger partial charge is 0.378 e. The lowest BCUT2D eigenvalue weighted by molar-refractivity contribution is -0.0135. The maximum absolute atomic E-state index is 6.13. The SMILES string of the molecule is CCC1CCCCC1OCCCCCCNC(C)(C)C. The minimum Gasteiger partial charge on any atom is -0.378 e. The summed E-state index contributed by atoms with van der Waals surface area (Å²) in [7, 11) is 0. The first-order valence-electron chi connectivity index (χ1n) is 8.89. The number of hydrogen-bond donors (Lipinski definition) is 1. The zero-order chi connectivity index (χ0) is 14.8. The molecule has 0 spiro atoms. The van der Waals surface area contributed by atoms with Crippen molar-refractivity contribution >= 4 is 0 Å². The summed E-state index contributed by atoms with van der Waals surface area (Å²) in [6.07, 6.45) is 12.5. The highest BCUT2D eigenvalue weighted by molar-refractivity contribution is 4.75. The molecule has 1 saturated carbocycles. The Balaban J connectivity index is 1.94. The number of nitrogens with one attached hydrogen (secondary N) is 1. The summed E-state index contributed by atoms with van der Waals surface area (Å²) in [6.45, 7) is 11.1. The molecule has 20 heavy (non-hydrogen) atoms. The Hall–Kier alpha value is -0.0800. The summed E-state index contributed by atoms with van der Waals surface area (Å²) in [6, 6.07) is 0. The van der Waals surface area contributed by atoms with Crippen molar-refractivity contribution < 1.29 is 4.74 Å². The standard InChI is InChI=1S/C18H37NO/c1-5-16-12-8-9-13-17(16)20-15-11-7-6-10-14-19-18(2,3)4/h16-17,19H,5-15H2,1-4H3. The summed E-state index contributed by atoms with van der Waals surface area (Å²) < 4.78 is 6.13. The molecule has 2 heteroatoms. The van der Waals surface area contributed by atoms with Crippen LogP contribution in [0.25, 0.3) is 0 Å². The predicted octanol–water partition coefficient (Wildman–Crippen LogP) is 4.92. The molecule has 2 unspecified atom stereocenters. The number of unbranched alkanes of at least 4 members (excludes halogenated alkanes) is 3. The van der Waals surface area contributed by atoms with Gasteiger partial charge in [-0.1, -0.05) is 39.0 Å². The molecule has 0 aromatic rings. The quantitative estimate of drug-likeness (QED) is 0.606. The molecule has 0 saturated heterocycles. The van der Waals surface area contributed by atoms with Crippen molar-refractivity contribution in [3.05, 3.63) is 0 Å². The highest BCUT2D eigenvalue weighted by atomic mass is 16.5. The van der Waals surface area contributed by atoms with Crippen molar-refractivity contribution in [3.63, 3.8) is 0 Å². The van der Waals surface area contributed by atoms with Crippen LogP contribution in [0.5, 0.6) is 0 Å². The first-order chi connectivity index (χ1) is 9.53. The van der Waals surface area contributed by atoms with Crippen molar-refractivity contribution in [1.82, 2.24) is 5.32 Å². The van der Waals surface area contributed by atoms with Gasteiger partial charge in [0.15, 0.2) is 0 Å². The Bertz CT molecular complexity index is 234. The van der Waals surface area contributed by atoms with Crippen LogP contribution in [0.15, 0.2) is 0 Å². The topological polar surface area (TPSA) is 21.3 Å². The Morgan fingerprint density at radius 3 is 2.40 bits per heavy atom. The number of ether oxygens (including phenoxy) is 1. The van der Waals surface area contributed by atoms with Crippen molar-refractivity contribution in [2.75, 3.05) is 13.2 Å². The number of rotatable bonds is 9. The maximum atomic E-state index is 6.13. The van der Waals surface area contributed by atoms with Gasteiger partial charge in [0.05, 0.1) is 6.10 Å². The van der Waals surface area contributed by atoms with Crippen LogP contribution < -0.4 is 5.32 Å². The monoisotopic (exact) mass is 283 g/mol. The van der Waals surface area contributed by atoms with E-state index in [1.165, 1.54) is 57.8 Å². The zero-order valence-electron chi connectivity index (χ0n) is 14.3. The summed E-state index contributed by atoms with van der Waals surface area (Å²) in [5.74, 6) is 0.833. The van der Waals surface area contributed by atoms with Crippen molar-refractivity contribution in [2.24, 2.45) is 5.92 Å². The Kier molecular flexibility index (Phi) is 8.79. The van der Waals surface area contributed by atoms with Gasteiger partial charge >= 0.3 is 0 Å². The van der Waals surface area contributed by atoms with Crippen molar-refractivity contribution in [3.8, 4) is 0 Å². The van der Waals surface area contributed by atoms with Crippen LogP contribution in [-0.2, 0) is 4.74 Å². The second-order valence-electron chi connectivity index (χ2n) is 7.45. The molecule has 0 aliphatic heterocycles. The van der Waals surface area contributed by atoms with E-state index in [1.54, 1.807) is 0 Å². The second-order valence-corrected chi connectivity index (χ2v) is 7.45. The summed E-state index contributed by atoms with van der Waals surface area (Å²) >= 11 is 0. The summed E-state index contributed by atoms with van der Waals surface area (Å²) in [4.78, 5) is 0. The minimum atomic E-state index is 0.263. The van der Waals surface area contributed by atoms with Crippen LogP contribution in [0.4, 0.5) is 0 Å². The average Bonchev–Trinajstić information content (AvgIpc) is 2.41. The highest BCUT2D eigenvalue weighted by Gasteiger charge is 2.23. The zero-order valence-corrected chi connectivity index (χ0v) is 14.3. The van der Waals surface area contributed by atoms with Gasteiger partial charge in [0, 0.05) is 12.1 Å². The number of hydrogen-bond acceptors (Lipinski definition) is 2. The molecule has 120 valence electrons. The van der Waals surface area contributed by atoms with Gasteiger partial charge in [0.2, 0.25) is 0 Å². The summed E-state index contributed by atoms with van der Waals surface area (Å²) in [5.41, 5.74) is 0.263. The lowest BCUT2D eigenvalue weighted by Gasteiger charge is -2.30. The maximum Gasteiger partial charge on any atom is 0.0603 e. The van der Waals surface area contributed by atoms with E-state index in [4.69, 9.17) is 4.74 Å². The predicted molar refractivity (Wildman–Crippen MR) is 88.2 cm³/mol. The first kappa shape index (κ1) is 18.0. The van der Waals surface area contributed by atoms with E-state index >= 15 is 0 Å². The third-order valence-corrected chi connectivity index (χ3v) is 4.42. The van der Waals surface area contributed by atoms with E-state index in [1.807, 2.05) is 0 Å². The molecule has 1 fully saturated rings. The summed E-state index contributed by atoms with van der Waals surface area (Å²) in [5, 5.41) is 3.55. The van der Waals surface area contributed by atoms with Crippen LogP contribution >= 0.6 is 0 Å². The molecule has 0 aromatic carbocycles.